The molecule has 0 saturated carbocycles. The highest BCUT2D eigenvalue weighted by molar-refractivity contribution is 7.15. The minimum Gasteiger partial charge on any atom is -0.338 e. The summed E-state index contributed by atoms with van der Waals surface area (Å²) in [6.45, 7) is 3.00. The van der Waals surface area contributed by atoms with E-state index in [4.69, 9.17) is 16.6 Å². The lowest BCUT2D eigenvalue weighted by molar-refractivity contribution is -0.131. The van der Waals surface area contributed by atoms with Crippen molar-refractivity contribution in [2.75, 3.05) is 11.9 Å². The summed E-state index contributed by atoms with van der Waals surface area (Å²) in [4.78, 5) is 41.9. The first-order valence-electron chi connectivity index (χ1n) is 11.2. The standard InChI is InChI=1S/C26H22ClN5O2S/c1-16-22(29-25(35-16)17-6-3-2-4-7-17)13-23(33)32-11-10-21-19(15-32)14-28-26(30-21)31-24(34)18-8-5-9-20(27)12-18/h2-9,12,14H,10-11,13,15H2,1H3,(H,28,30,31,34). The molecule has 0 radical (unpaired) electrons. The average Bonchev–Trinajstić information content (AvgIpc) is 3.24. The fourth-order valence-electron chi connectivity index (χ4n) is 3.94. The molecule has 1 aliphatic rings. The Morgan fingerprint density at radius 1 is 1.11 bits per heavy atom. The van der Waals surface area contributed by atoms with Gasteiger partial charge in [0, 0.05) is 52.3 Å². The van der Waals surface area contributed by atoms with Crippen LogP contribution in [0.4, 0.5) is 5.95 Å². The molecular formula is C26H22ClN5O2S. The summed E-state index contributed by atoms with van der Waals surface area (Å²) in [5.74, 6) is -0.0596. The van der Waals surface area contributed by atoms with Gasteiger partial charge < -0.3 is 4.90 Å². The molecule has 0 bridgehead atoms. The van der Waals surface area contributed by atoms with Crippen molar-refractivity contribution in [1.29, 1.82) is 0 Å². The van der Waals surface area contributed by atoms with Crippen molar-refractivity contribution in [3.05, 3.63) is 93.2 Å². The zero-order valence-electron chi connectivity index (χ0n) is 19.0. The number of thiazole rings is 1. The molecule has 9 heteroatoms. The molecule has 176 valence electrons. The molecule has 5 rings (SSSR count). The normalized spacial score (nSPS) is 12.8. The number of nitrogens with zero attached hydrogens (tertiary/aromatic N) is 4. The highest BCUT2D eigenvalue weighted by atomic mass is 35.5. The van der Waals surface area contributed by atoms with Crippen LogP contribution in [-0.2, 0) is 24.2 Å². The van der Waals surface area contributed by atoms with Crippen molar-refractivity contribution in [2.45, 2.75) is 26.3 Å². The second-order valence-corrected chi connectivity index (χ2v) is 9.90. The van der Waals surface area contributed by atoms with E-state index < -0.39 is 0 Å². The Bertz CT molecular complexity index is 1410. The molecular weight excluding hydrogens is 482 g/mol. The minimum absolute atomic E-state index is 0.0296. The van der Waals surface area contributed by atoms with Gasteiger partial charge in [-0.05, 0) is 25.1 Å². The number of aromatic nitrogens is 3. The molecule has 2 aromatic carbocycles. The van der Waals surface area contributed by atoms with Crippen molar-refractivity contribution in [3.63, 3.8) is 0 Å². The van der Waals surface area contributed by atoms with Crippen LogP contribution in [0.25, 0.3) is 10.6 Å². The van der Waals surface area contributed by atoms with E-state index in [0.717, 1.165) is 32.4 Å². The van der Waals surface area contributed by atoms with E-state index in [9.17, 15) is 9.59 Å². The molecule has 0 spiro atoms. The summed E-state index contributed by atoms with van der Waals surface area (Å²) in [6.07, 6.45) is 2.53. The fraction of sp³-hybridized carbons (Fsp3) is 0.192. The zero-order valence-corrected chi connectivity index (χ0v) is 20.6. The predicted molar refractivity (Wildman–Crippen MR) is 137 cm³/mol. The number of fused-ring (bicyclic) bond motifs is 1. The van der Waals surface area contributed by atoms with Crippen LogP contribution in [0.1, 0.15) is 32.2 Å². The molecule has 35 heavy (non-hydrogen) atoms. The molecule has 0 saturated heterocycles. The highest BCUT2D eigenvalue weighted by Gasteiger charge is 2.24. The molecule has 1 N–H and O–H groups in total. The van der Waals surface area contributed by atoms with Gasteiger partial charge in [0.1, 0.15) is 5.01 Å². The zero-order chi connectivity index (χ0) is 24.4. The largest absolute Gasteiger partial charge is 0.338 e. The quantitative estimate of drug-likeness (QED) is 0.416. The summed E-state index contributed by atoms with van der Waals surface area (Å²) in [5.41, 5.74) is 4.02. The maximum atomic E-state index is 13.1. The average molecular weight is 504 g/mol. The lowest BCUT2D eigenvalue weighted by Gasteiger charge is -2.28. The van der Waals surface area contributed by atoms with Crippen LogP contribution in [0.3, 0.4) is 0 Å². The summed E-state index contributed by atoms with van der Waals surface area (Å²) in [5, 5.41) is 4.13. The summed E-state index contributed by atoms with van der Waals surface area (Å²) < 4.78 is 0. The third-order valence-electron chi connectivity index (χ3n) is 5.83. The number of carbonyl (C=O) groups excluding carboxylic acids is 2. The molecule has 0 unspecified atom stereocenters. The van der Waals surface area contributed by atoms with Crippen LogP contribution in [0.5, 0.6) is 0 Å². The van der Waals surface area contributed by atoms with Crippen molar-refractivity contribution in [1.82, 2.24) is 19.9 Å². The van der Waals surface area contributed by atoms with Gasteiger partial charge in [0.15, 0.2) is 0 Å². The number of anilines is 1. The molecule has 0 atom stereocenters. The van der Waals surface area contributed by atoms with Gasteiger partial charge in [-0.3, -0.25) is 14.9 Å². The SMILES string of the molecule is Cc1sc(-c2ccccc2)nc1CC(=O)N1CCc2nc(NC(=O)c3cccc(Cl)c3)ncc2C1. The van der Waals surface area contributed by atoms with E-state index in [2.05, 4.69) is 15.3 Å². The Morgan fingerprint density at radius 2 is 1.94 bits per heavy atom. The first kappa shape index (κ1) is 23.1. The van der Waals surface area contributed by atoms with Gasteiger partial charge in [-0.2, -0.15) is 0 Å². The minimum atomic E-state index is -0.325. The Morgan fingerprint density at radius 3 is 2.74 bits per heavy atom. The smallest absolute Gasteiger partial charge is 0.258 e. The van der Waals surface area contributed by atoms with Crippen LogP contribution < -0.4 is 5.32 Å². The van der Waals surface area contributed by atoms with Gasteiger partial charge in [0.25, 0.3) is 5.91 Å². The number of nitrogens with one attached hydrogen (secondary N) is 1. The number of amides is 2. The third kappa shape index (κ3) is 5.23. The van der Waals surface area contributed by atoms with Crippen molar-refractivity contribution >= 4 is 40.7 Å². The van der Waals surface area contributed by atoms with E-state index in [0.29, 0.717) is 30.1 Å². The topological polar surface area (TPSA) is 88.1 Å². The number of rotatable bonds is 5. The maximum Gasteiger partial charge on any atom is 0.258 e. The van der Waals surface area contributed by atoms with E-state index in [1.54, 1.807) is 41.8 Å². The second kappa shape index (κ2) is 9.93. The highest BCUT2D eigenvalue weighted by Crippen LogP contribution is 2.28. The molecule has 3 heterocycles. The van der Waals surface area contributed by atoms with Crippen molar-refractivity contribution in [3.8, 4) is 10.6 Å². The Kier molecular flexibility index (Phi) is 6.57. The second-order valence-electron chi connectivity index (χ2n) is 8.26. The predicted octanol–water partition coefficient (Wildman–Crippen LogP) is 4.94. The van der Waals surface area contributed by atoms with Crippen molar-refractivity contribution in [2.24, 2.45) is 0 Å². The molecule has 4 aromatic rings. The van der Waals surface area contributed by atoms with E-state index in [-0.39, 0.29) is 24.2 Å². The number of benzene rings is 2. The summed E-state index contributed by atoms with van der Waals surface area (Å²) >= 11 is 7.57. The van der Waals surface area contributed by atoms with E-state index in [1.165, 1.54) is 0 Å². The number of halogens is 1. The van der Waals surface area contributed by atoms with Gasteiger partial charge in [0.05, 0.1) is 17.8 Å². The van der Waals surface area contributed by atoms with Gasteiger partial charge in [0.2, 0.25) is 11.9 Å². The van der Waals surface area contributed by atoms with Crippen LogP contribution >= 0.6 is 22.9 Å². The van der Waals surface area contributed by atoms with Crippen LogP contribution in [0.15, 0.2) is 60.8 Å². The van der Waals surface area contributed by atoms with Gasteiger partial charge >= 0.3 is 0 Å². The Labute approximate surface area is 211 Å². The number of hydrogen-bond donors (Lipinski definition) is 1. The van der Waals surface area contributed by atoms with Crippen LogP contribution in [0.2, 0.25) is 5.02 Å². The van der Waals surface area contributed by atoms with E-state index in [1.807, 2.05) is 42.2 Å². The maximum absolute atomic E-state index is 13.1. The van der Waals surface area contributed by atoms with Crippen molar-refractivity contribution < 1.29 is 9.59 Å². The first-order chi connectivity index (χ1) is 17.0. The number of hydrogen-bond acceptors (Lipinski definition) is 6. The third-order valence-corrected chi connectivity index (χ3v) is 7.13. The lowest BCUT2D eigenvalue weighted by atomic mass is 10.1. The number of carbonyl (C=O) groups is 2. The Balaban J connectivity index is 1.24. The van der Waals surface area contributed by atoms with Crippen LogP contribution in [-0.4, -0.2) is 38.2 Å². The Hall–Kier alpha value is -3.62. The molecule has 0 fully saturated rings. The van der Waals surface area contributed by atoms with E-state index >= 15 is 0 Å². The van der Waals surface area contributed by atoms with Gasteiger partial charge in [-0.15, -0.1) is 11.3 Å². The fourth-order valence-corrected chi connectivity index (χ4v) is 5.07. The van der Waals surface area contributed by atoms with Gasteiger partial charge in [-0.1, -0.05) is 48.0 Å². The summed E-state index contributed by atoms with van der Waals surface area (Å²) in [7, 11) is 0. The lowest BCUT2D eigenvalue weighted by Crippen LogP contribution is -2.37. The van der Waals surface area contributed by atoms with Crippen LogP contribution in [0, 0.1) is 6.92 Å². The molecule has 0 aliphatic carbocycles. The molecule has 2 amide bonds. The van der Waals surface area contributed by atoms with Gasteiger partial charge in [-0.25, -0.2) is 15.0 Å². The first-order valence-corrected chi connectivity index (χ1v) is 12.4. The summed E-state index contributed by atoms with van der Waals surface area (Å²) in [6, 6.07) is 16.7. The molecule has 7 nitrogen and oxygen atoms in total. The number of aryl methyl sites for hydroxylation is 1. The molecule has 1 aliphatic heterocycles. The monoisotopic (exact) mass is 503 g/mol. The molecule has 2 aromatic heterocycles.